The molecule has 1 aliphatic carbocycles. The fourth-order valence-corrected chi connectivity index (χ4v) is 3.27. The van der Waals surface area contributed by atoms with E-state index in [2.05, 4.69) is 25.7 Å². The predicted molar refractivity (Wildman–Crippen MR) is 76.6 cm³/mol. The zero-order chi connectivity index (χ0) is 12.6. The first-order chi connectivity index (χ1) is 8.00. The lowest BCUT2D eigenvalue weighted by atomic mass is 9.78. The summed E-state index contributed by atoms with van der Waals surface area (Å²) in [5, 5.41) is 0. The zero-order valence-electron chi connectivity index (χ0n) is 11.8. The largest absolute Gasteiger partial charge is 0.342 e. The molecule has 2 aliphatic rings. The topological polar surface area (TPSA) is 46.3 Å². The average molecular weight is 275 g/mol. The maximum atomic E-state index is 12.3. The van der Waals surface area contributed by atoms with Crippen molar-refractivity contribution in [1.82, 2.24) is 4.90 Å². The van der Waals surface area contributed by atoms with E-state index in [1.807, 2.05) is 0 Å². The van der Waals surface area contributed by atoms with Gasteiger partial charge in [-0.25, -0.2) is 0 Å². The predicted octanol–water partition coefficient (Wildman–Crippen LogP) is 2.29. The first-order valence-corrected chi connectivity index (χ1v) is 7.05. The van der Waals surface area contributed by atoms with E-state index in [-0.39, 0.29) is 18.3 Å². The second-order valence-electron chi connectivity index (χ2n) is 6.29. The highest BCUT2D eigenvalue weighted by Gasteiger charge is 2.41. The van der Waals surface area contributed by atoms with Crippen LogP contribution in [0.15, 0.2) is 0 Å². The van der Waals surface area contributed by atoms with Crippen LogP contribution in [0.5, 0.6) is 0 Å². The fraction of sp³-hybridized carbons (Fsp3) is 0.929. The molecule has 2 rings (SSSR count). The minimum absolute atomic E-state index is 0. The van der Waals surface area contributed by atoms with E-state index >= 15 is 0 Å². The molecule has 2 N–H and O–H groups in total. The summed E-state index contributed by atoms with van der Waals surface area (Å²) in [7, 11) is 0. The van der Waals surface area contributed by atoms with Crippen molar-refractivity contribution in [1.29, 1.82) is 0 Å². The summed E-state index contributed by atoms with van der Waals surface area (Å²) in [5.74, 6) is 2.14. The van der Waals surface area contributed by atoms with Crippen LogP contribution in [-0.2, 0) is 4.79 Å². The summed E-state index contributed by atoms with van der Waals surface area (Å²) in [4.78, 5) is 14.4. The monoisotopic (exact) mass is 274 g/mol. The molecule has 1 aliphatic heterocycles. The average Bonchev–Trinajstić information content (AvgIpc) is 2.72. The van der Waals surface area contributed by atoms with Gasteiger partial charge in [0.1, 0.15) is 0 Å². The number of rotatable bonds is 2. The van der Waals surface area contributed by atoms with Gasteiger partial charge in [0.05, 0.1) is 0 Å². The molecular weight excluding hydrogens is 248 g/mol. The molecule has 4 heteroatoms. The summed E-state index contributed by atoms with van der Waals surface area (Å²) in [6.07, 6.45) is 3.64. The number of hydrogen-bond acceptors (Lipinski definition) is 2. The number of amides is 1. The number of hydrogen-bond donors (Lipinski definition) is 1. The fourth-order valence-electron chi connectivity index (χ4n) is 3.27. The number of nitrogens with two attached hydrogens (primary N) is 1. The smallest absolute Gasteiger partial charge is 0.225 e. The summed E-state index contributed by atoms with van der Waals surface area (Å²) in [5.41, 5.74) is 6.18. The van der Waals surface area contributed by atoms with Crippen LogP contribution in [0, 0.1) is 23.7 Å². The van der Waals surface area contributed by atoms with Gasteiger partial charge in [-0.15, -0.1) is 12.4 Å². The van der Waals surface area contributed by atoms with E-state index in [1.54, 1.807) is 0 Å². The molecule has 1 saturated heterocycles. The zero-order valence-corrected chi connectivity index (χ0v) is 12.6. The maximum Gasteiger partial charge on any atom is 0.225 e. The Kier molecular flexibility index (Phi) is 5.47. The van der Waals surface area contributed by atoms with Crippen molar-refractivity contribution in [2.24, 2.45) is 29.4 Å². The molecule has 1 heterocycles. The third-order valence-electron chi connectivity index (χ3n) is 4.86. The molecule has 2 fully saturated rings. The molecule has 1 saturated carbocycles. The molecule has 0 aromatic rings. The molecule has 3 nitrogen and oxygen atoms in total. The SMILES string of the molecule is CC(C)C(C)C(=O)N1CC2CCCC(N)C2C1.Cl. The standard InChI is InChI=1S/C14H26N2O.ClH/c1-9(2)10(3)14(17)16-7-11-5-4-6-13(15)12(11)8-16;/h9-13H,4-8,15H2,1-3H3;1H. The Morgan fingerprint density at radius 3 is 2.44 bits per heavy atom. The Balaban J connectivity index is 0.00000162. The lowest BCUT2D eigenvalue weighted by Crippen LogP contribution is -2.39. The van der Waals surface area contributed by atoms with Crippen LogP contribution < -0.4 is 5.73 Å². The molecule has 18 heavy (non-hydrogen) atoms. The van der Waals surface area contributed by atoms with Crippen molar-refractivity contribution in [2.75, 3.05) is 13.1 Å². The van der Waals surface area contributed by atoms with Gasteiger partial charge in [-0.05, 0) is 30.6 Å². The van der Waals surface area contributed by atoms with Crippen LogP contribution in [0.1, 0.15) is 40.0 Å². The van der Waals surface area contributed by atoms with Crippen LogP contribution >= 0.6 is 12.4 Å². The van der Waals surface area contributed by atoms with Crippen LogP contribution in [0.3, 0.4) is 0 Å². The molecule has 0 radical (unpaired) electrons. The number of nitrogens with zero attached hydrogens (tertiary/aromatic N) is 1. The molecule has 4 atom stereocenters. The van der Waals surface area contributed by atoms with Crippen molar-refractivity contribution < 1.29 is 4.79 Å². The highest BCUT2D eigenvalue weighted by atomic mass is 35.5. The van der Waals surface area contributed by atoms with Gasteiger partial charge >= 0.3 is 0 Å². The third kappa shape index (κ3) is 3.00. The normalized spacial score (nSPS) is 32.9. The van der Waals surface area contributed by atoms with E-state index < -0.39 is 0 Å². The molecule has 0 aromatic carbocycles. The molecule has 1 amide bonds. The lowest BCUT2D eigenvalue weighted by Gasteiger charge is -2.29. The van der Waals surface area contributed by atoms with E-state index in [0.717, 1.165) is 19.5 Å². The van der Waals surface area contributed by atoms with Gasteiger partial charge in [0, 0.05) is 25.0 Å². The van der Waals surface area contributed by atoms with Gasteiger partial charge < -0.3 is 10.6 Å². The number of carbonyl (C=O) groups excluding carboxylic acids is 1. The Bertz CT molecular complexity index is 296. The Morgan fingerprint density at radius 1 is 1.22 bits per heavy atom. The molecule has 0 bridgehead atoms. The molecule has 0 spiro atoms. The molecule has 4 unspecified atom stereocenters. The Labute approximate surface area is 117 Å². The van der Waals surface area contributed by atoms with Crippen molar-refractivity contribution in [3.8, 4) is 0 Å². The van der Waals surface area contributed by atoms with E-state index in [0.29, 0.717) is 29.7 Å². The van der Waals surface area contributed by atoms with Crippen LogP contribution in [-0.4, -0.2) is 29.9 Å². The van der Waals surface area contributed by atoms with E-state index in [4.69, 9.17) is 5.73 Å². The third-order valence-corrected chi connectivity index (χ3v) is 4.86. The summed E-state index contributed by atoms with van der Waals surface area (Å²) in [6.45, 7) is 8.15. The van der Waals surface area contributed by atoms with Crippen molar-refractivity contribution in [2.45, 2.75) is 46.1 Å². The van der Waals surface area contributed by atoms with Crippen molar-refractivity contribution in [3.63, 3.8) is 0 Å². The number of fused-ring (bicyclic) bond motifs is 1. The van der Waals surface area contributed by atoms with E-state index in [9.17, 15) is 4.79 Å². The molecule has 0 aromatic heterocycles. The Hall–Kier alpha value is -0.280. The van der Waals surface area contributed by atoms with Gasteiger partial charge in [0.2, 0.25) is 5.91 Å². The first kappa shape index (κ1) is 15.8. The van der Waals surface area contributed by atoms with Gasteiger partial charge in [0.15, 0.2) is 0 Å². The van der Waals surface area contributed by atoms with Gasteiger partial charge in [0.25, 0.3) is 0 Å². The Morgan fingerprint density at radius 2 is 1.89 bits per heavy atom. The highest BCUT2D eigenvalue weighted by Crippen LogP contribution is 2.36. The second kappa shape index (κ2) is 6.25. The summed E-state index contributed by atoms with van der Waals surface area (Å²) in [6, 6.07) is 0.320. The van der Waals surface area contributed by atoms with Crippen LogP contribution in [0.2, 0.25) is 0 Å². The van der Waals surface area contributed by atoms with Crippen LogP contribution in [0.4, 0.5) is 0 Å². The van der Waals surface area contributed by atoms with E-state index in [1.165, 1.54) is 12.8 Å². The summed E-state index contributed by atoms with van der Waals surface area (Å²) >= 11 is 0. The number of halogens is 1. The van der Waals surface area contributed by atoms with Gasteiger partial charge in [-0.1, -0.05) is 27.2 Å². The minimum Gasteiger partial charge on any atom is -0.342 e. The van der Waals surface area contributed by atoms with Crippen molar-refractivity contribution in [3.05, 3.63) is 0 Å². The van der Waals surface area contributed by atoms with Crippen LogP contribution in [0.25, 0.3) is 0 Å². The summed E-state index contributed by atoms with van der Waals surface area (Å²) < 4.78 is 0. The van der Waals surface area contributed by atoms with Crippen molar-refractivity contribution >= 4 is 18.3 Å². The maximum absolute atomic E-state index is 12.3. The molecular formula is C14H27ClN2O. The highest BCUT2D eigenvalue weighted by molar-refractivity contribution is 5.85. The number of likely N-dealkylation sites (tertiary alicyclic amines) is 1. The first-order valence-electron chi connectivity index (χ1n) is 7.05. The molecule has 106 valence electrons. The quantitative estimate of drug-likeness (QED) is 0.840. The number of carbonyl (C=O) groups is 1. The lowest BCUT2D eigenvalue weighted by molar-refractivity contribution is -0.135. The van der Waals surface area contributed by atoms with Gasteiger partial charge in [-0.2, -0.15) is 0 Å². The second-order valence-corrected chi connectivity index (χ2v) is 6.29. The minimum atomic E-state index is 0. The van der Waals surface area contributed by atoms with Gasteiger partial charge in [-0.3, -0.25) is 4.79 Å².